The smallest absolute Gasteiger partial charge is 0.292 e. The van der Waals surface area contributed by atoms with Crippen molar-refractivity contribution in [2.45, 2.75) is 0 Å². The molecule has 0 spiro atoms. The Morgan fingerprint density at radius 3 is 2.25 bits per heavy atom. The lowest BCUT2D eigenvalue weighted by molar-refractivity contribution is -0.385. The number of nitro groups is 2. The van der Waals surface area contributed by atoms with Crippen molar-refractivity contribution in [3.05, 3.63) is 74.3 Å². The maximum atomic E-state index is 10.9. The van der Waals surface area contributed by atoms with Crippen LogP contribution in [0.25, 0.3) is 0 Å². The van der Waals surface area contributed by atoms with Crippen molar-refractivity contribution < 1.29 is 9.85 Å². The average Bonchev–Trinajstić information content (AvgIpc) is 2.55. The lowest BCUT2D eigenvalue weighted by Gasteiger charge is -2.07. The summed E-state index contributed by atoms with van der Waals surface area (Å²) in [5, 5.41) is 28.3. The zero-order valence-electron chi connectivity index (χ0n) is 12.1. The molecule has 9 nitrogen and oxygen atoms in total. The van der Waals surface area contributed by atoms with Crippen LogP contribution in [0.15, 0.2) is 53.6 Å². The number of hydrazone groups is 1. The van der Waals surface area contributed by atoms with Crippen LogP contribution in [0.4, 0.5) is 17.1 Å². The van der Waals surface area contributed by atoms with Crippen LogP contribution in [-0.4, -0.2) is 21.2 Å². The summed E-state index contributed by atoms with van der Waals surface area (Å²) >= 11 is 4.99. The van der Waals surface area contributed by atoms with Gasteiger partial charge in [0.15, 0.2) is 5.11 Å². The van der Waals surface area contributed by atoms with Gasteiger partial charge in [-0.25, -0.2) is 0 Å². The van der Waals surface area contributed by atoms with Gasteiger partial charge >= 0.3 is 0 Å². The number of para-hydroxylation sites is 3. The van der Waals surface area contributed by atoms with E-state index >= 15 is 0 Å². The average molecular weight is 345 g/mol. The molecule has 24 heavy (non-hydrogen) atoms. The number of anilines is 1. The van der Waals surface area contributed by atoms with E-state index in [-0.39, 0.29) is 22.2 Å². The first-order chi connectivity index (χ1) is 11.5. The van der Waals surface area contributed by atoms with E-state index in [2.05, 4.69) is 15.8 Å². The highest BCUT2D eigenvalue weighted by atomic mass is 32.1. The van der Waals surface area contributed by atoms with Gasteiger partial charge in [0, 0.05) is 12.1 Å². The summed E-state index contributed by atoms with van der Waals surface area (Å²) in [7, 11) is 0. The highest BCUT2D eigenvalue weighted by Crippen LogP contribution is 2.22. The number of hydrogen-bond acceptors (Lipinski definition) is 6. The third-order valence-corrected chi connectivity index (χ3v) is 3.05. The lowest BCUT2D eigenvalue weighted by atomic mass is 10.2. The summed E-state index contributed by atoms with van der Waals surface area (Å²) < 4.78 is 0. The van der Waals surface area contributed by atoms with Crippen molar-refractivity contribution in [2.75, 3.05) is 5.32 Å². The number of nitrogens with zero attached hydrogens (tertiary/aromatic N) is 3. The Hall–Kier alpha value is -3.40. The summed E-state index contributed by atoms with van der Waals surface area (Å²) in [6, 6.07) is 12.1. The molecule has 2 N–H and O–H groups in total. The predicted molar refractivity (Wildman–Crippen MR) is 93.1 cm³/mol. The van der Waals surface area contributed by atoms with Crippen LogP contribution in [0.2, 0.25) is 0 Å². The number of thiocarbonyl (C=S) groups is 1. The van der Waals surface area contributed by atoms with Crippen molar-refractivity contribution in [1.29, 1.82) is 0 Å². The standard InChI is InChI=1S/C14H11N5O4S/c20-18(21)12-7-3-1-5-10(12)9-15-17-14(24)16-11-6-2-4-8-13(11)19(22)23/h1-9H,(H2,16,17,24)/b15-9-. The van der Waals surface area contributed by atoms with Gasteiger partial charge in [-0.15, -0.1) is 0 Å². The largest absolute Gasteiger partial charge is 0.326 e. The van der Waals surface area contributed by atoms with E-state index in [1.165, 1.54) is 36.5 Å². The highest BCUT2D eigenvalue weighted by Gasteiger charge is 2.13. The van der Waals surface area contributed by atoms with Crippen LogP contribution in [0.3, 0.4) is 0 Å². The SMILES string of the molecule is O=[N+]([O-])c1ccccc1/C=N\NC(=S)Nc1ccccc1[N+](=O)[O-]. The van der Waals surface area contributed by atoms with Crippen molar-refractivity contribution >= 4 is 40.6 Å². The topological polar surface area (TPSA) is 123 Å². The lowest BCUT2D eigenvalue weighted by Crippen LogP contribution is -2.24. The van der Waals surface area contributed by atoms with Gasteiger partial charge in [0.2, 0.25) is 0 Å². The zero-order chi connectivity index (χ0) is 17.5. The fourth-order valence-corrected chi connectivity index (χ4v) is 1.97. The maximum Gasteiger partial charge on any atom is 0.292 e. The molecule has 0 aliphatic carbocycles. The van der Waals surface area contributed by atoms with Gasteiger partial charge in [0.05, 0.1) is 21.6 Å². The van der Waals surface area contributed by atoms with Gasteiger partial charge in [-0.3, -0.25) is 25.7 Å². The second kappa shape index (κ2) is 7.74. The molecular formula is C14H11N5O4S. The van der Waals surface area contributed by atoms with E-state index in [1.807, 2.05) is 0 Å². The van der Waals surface area contributed by atoms with E-state index in [4.69, 9.17) is 12.2 Å². The Morgan fingerprint density at radius 1 is 1.00 bits per heavy atom. The monoisotopic (exact) mass is 345 g/mol. The summed E-state index contributed by atoms with van der Waals surface area (Å²) in [5.74, 6) is 0. The van der Waals surface area contributed by atoms with Crippen molar-refractivity contribution in [1.82, 2.24) is 5.43 Å². The quantitative estimate of drug-likeness (QED) is 0.370. The van der Waals surface area contributed by atoms with Gasteiger partial charge in [-0.05, 0) is 24.4 Å². The van der Waals surface area contributed by atoms with Gasteiger partial charge < -0.3 is 5.32 Å². The highest BCUT2D eigenvalue weighted by molar-refractivity contribution is 7.80. The molecule has 0 aliphatic heterocycles. The maximum absolute atomic E-state index is 10.9. The zero-order valence-corrected chi connectivity index (χ0v) is 12.9. The van der Waals surface area contributed by atoms with Crippen LogP contribution in [-0.2, 0) is 0 Å². The van der Waals surface area contributed by atoms with Crippen molar-refractivity contribution in [2.24, 2.45) is 5.10 Å². The molecule has 0 bridgehead atoms. The van der Waals surface area contributed by atoms with E-state index in [0.29, 0.717) is 5.56 Å². The summed E-state index contributed by atoms with van der Waals surface area (Å²) in [5.41, 5.74) is 2.73. The van der Waals surface area contributed by atoms with Crippen LogP contribution in [0.1, 0.15) is 5.56 Å². The number of hydrogen-bond donors (Lipinski definition) is 2. The summed E-state index contributed by atoms with van der Waals surface area (Å²) in [4.78, 5) is 20.7. The predicted octanol–water partition coefficient (Wildman–Crippen LogP) is 2.82. The molecule has 0 atom stereocenters. The normalized spacial score (nSPS) is 10.3. The number of rotatable bonds is 5. The van der Waals surface area contributed by atoms with E-state index in [9.17, 15) is 20.2 Å². The van der Waals surface area contributed by atoms with Crippen molar-refractivity contribution in [3.63, 3.8) is 0 Å². The van der Waals surface area contributed by atoms with Crippen LogP contribution in [0.5, 0.6) is 0 Å². The van der Waals surface area contributed by atoms with Gasteiger partial charge in [-0.2, -0.15) is 5.10 Å². The molecule has 0 radical (unpaired) electrons. The Morgan fingerprint density at radius 2 is 1.58 bits per heavy atom. The molecule has 0 saturated carbocycles. The Kier molecular flexibility index (Phi) is 5.47. The molecule has 0 aromatic heterocycles. The first-order valence-corrected chi connectivity index (χ1v) is 6.97. The molecule has 2 aromatic rings. The summed E-state index contributed by atoms with van der Waals surface area (Å²) in [6.07, 6.45) is 1.24. The molecule has 0 saturated heterocycles. The molecular weight excluding hydrogens is 334 g/mol. The minimum atomic E-state index is -0.540. The first kappa shape index (κ1) is 17.0. The molecule has 0 unspecified atom stereocenters. The van der Waals surface area contributed by atoms with Crippen LogP contribution >= 0.6 is 12.2 Å². The Labute approximate surface area is 141 Å². The molecule has 0 heterocycles. The Balaban J connectivity index is 2.04. The Bertz CT molecular complexity index is 824. The molecule has 2 aromatic carbocycles. The molecule has 0 fully saturated rings. The minimum Gasteiger partial charge on any atom is -0.326 e. The summed E-state index contributed by atoms with van der Waals surface area (Å²) in [6.45, 7) is 0. The van der Waals surface area contributed by atoms with Gasteiger partial charge in [0.25, 0.3) is 11.4 Å². The van der Waals surface area contributed by atoms with Crippen LogP contribution < -0.4 is 10.7 Å². The fourth-order valence-electron chi connectivity index (χ4n) is 1.81. The first-order valence-electron chi connectivity index (χ1n) is 6.56. The van der Waals surface area contributed by atoms with Gasteiger partial charge in [-0.1, -0.05) is 24.3 Å². The second-order valence-corrected chi connectivity index (χ2v) is 4.82. The third kappa shape index (κ3) is 4.30. The van der Waals surface area contributed by atoms with Crippen LogP contribution in [0, 0.1) is 20.2 Å². The minimum absolute atomic E-state index is 0.0131. The van der Waals surface area contributed by atoms with E-state index in [1.54, 1.807) is 18.2 Å². The molecule has 10 heteroatoms. The van der Waals surface area contributed by atoms with Crippen molar-refractivity contribution in [3.8, 4) is 0 Å². The number of nitrogens with one attached hydrogen (secondary N) is 2. The van der Waals surface area contributed by atoms with E-state index in [0.717, 1.165) is 0 Å². The molecule has 2 rings (SSSR count). The molecule has 122 valence electrons. The second-order valence-electron chi connectivity index (χ2n) is 4.41. The third-order valence-electron chi connectivity index (χ3n) is 2.85. The van der Waals surface area contributed by atoms with Gasteiger partial charge in [0.1, 0.15) is 5.69 Å². The fraction of sp³-hybridized carbons (Fsp3) is 0. The molecule has 0 amide bonds. The van der Waals surface area contributed by atoms with E-state index < -0.39 is 9.85 Å². The number of benzene rings is 2. The number of nitro benzene ring substituents is 2. The molecule has 0 aliphatic rings.